The van der Waals surface area contributed by atoms with Crippen molar-refractivity contribution in [3.05, 3.63) is 62.4 Å². The van der Waals surface area contributed by atoms with E-state index in [0.717, 1.165) is 5.56 Å². The summed E-state index contributed by atoms with van der Waals surface area (Å²) in [5.41, 5.74) is 2.40. The summed E-state index contributed by atoms with van der Waals surface area (Å²) in [6.45, 7) is 2.27. The number of urea groups is 1. The summed E-state index contributed by atoms with van der Waals surface area (Å²) in [6.07, 6.45) is 1.32. The third-order valence-corrected chi connectivity index (χ3v) is 5.48. The molecule has 29 heavy (non-hydrogen) atoms. The van der Waals surface area contributed by atoms with Gasteiger partial charge in [-0.15, -0.1) is 11.3 Å². The molecule has 0 unspecified atom stereocenters. The molecule has 0 spiro atoms. The molecular weight excluding hydrogens is 437 g/mol. The summed E-state index contributed by atoms with van der Waals surface area (Å²) >= 11 is 13.1. The molecule has 3 rings (SSSR count). The van der Waals surface area contributed by atoms with E-state index in [9.17, 15) is 9.59 Å². The molecule has 152 valence electrons. The lowest BCUT2D eigenvalue weighted by molar-refractivity contribution is 0.0782. The van der Waals surface area contributed by atoms with Crippen LogP contribution in [-0.2, 0) is 13.1 Å². The van der Waals surface area contributed by atoms with Crippen molar-refractivity contribution < 1.29 is 14.1 Å². The molecule has 0 radical (unpaired) electrons. The molecule has 0 atom stereocenters. The number of hydrogen-bond donors (Lipinski definition) is 2. The van der Waals surface area contributed by atoms with Crippen molar-refractivity contribution in [3.63, 3.8) is 0 Å². The zero-order valence-corrected chi connectivity index (χ0v) is 17.9. The van der Waals surface area contributed by atoms with Crippen LogP contribution in [0, 0.1) is 6.92 Å². The van der Waals surface area contributed by atoms with Crippen LogP contribution in [-0.4, -0.2) is 34.0 Å². The van der Waals surface area contributed by atoms with E-state index in [1.807, 2.05) is 0 Å². The molecule has 0 saturated carbocycles. The number of rotatable bonds is 6. The van der Waals surface area contributed by atoms with Gasteiger partial charge in [-0.25, -0.2) is 9.78 Å². The van der Waals surface area contributed by atoms with Gasteiger partial charge in [0.25, 0.3) is 5.91 Å². The Morgan fingerprint density at radius 2 is 2.07 bits per heavy atom. The number of benzene rings is 1. The molecular formula is C18H17Cl2N5O3S. The lowest BCUT2D eigenvalue weighted by atomic mass is 10.2. The maximum absolute atomic E-state index is 12.4. The number of halogens is 2. The van der Waals surface area contributed by atoms with Crippen molar-refractivity contribution >= 4 is 51.6 Å². The highest BCUT2D eigenvalue weighted by Gasteiger charge is 2.18. The van der Waals surface area contributed by atoms with E-state index in [0.29, 0.717) is 32.1 Å². The third-order valence-electron chi connectivity index (χ3n) is 3.94. The summed E-state index contributed by atoms with van der Waals surface area (Å²) < 4.78 is 4.80. The molecule has 1 aromatic carbocycles. The molecule has 2 aromatic heterocycles. The van der Waals surface area contributed by atoms with Crippen LogP contribution in [0.5, 0.6) is 0 Å². The van der Waals surface area contributed by atoms with Gasteiger partial charge < -0.3 is 14.7 Å². The number of anilines is 1. The second kappa shape index (κ2) is 9.25. The largest absolute Gasteiger partial charge is 0.364 e. The molecule has 3 aromatic rings. The first kappa shape index (κ1) is 21.1. The summed E-state index contributed by atoms with van der Waals surface area (Å²) in [5.74, 6) is -0.217. The van der Waals surface area contributed by atoms with Gasteiger partial charge in [-0.2, -0.15) is 0 Å². The maximum Gasteiger partial charge on any atom is 0.321 e. The normalized spacial score (nSPS) is 10.6. The second-order valence-electron chi connectivity index (χ2n) is 6.17. The fourth-order valence-corrected chi connectivity index (χ4v) is 3.45. The molecule has 0 fully saturated rings. The van der Waals surface area contributed by atoms with Gasteiger partial charge in [0.05, 0.1) is 28.0 Å². The Morgan fingerprint density at radius 1 is 1.28 bits per heavy atom. The van der Waals surface area contributed by atoms with Gasteiger partial charge in [-0.3, -0.25) is 10.1 Å². The predicted octanol–water partition coefficient (Wildman–Crippen LogP) is 4.34. The first-order chi connectivity index (χ1) is 13.8. The molecule has 2 heterocycles. The van der Waals surface area contributed by atoms with Crippen LogP contribution in [0.1, 0.15) is 27.3 Å². The number of nitrogens with one attached hydrogen (secondary N) is 2. The monoisotopic (exact) mass is 453 g/mol. The van der Waals surface area contributed by atoms with Gasteiger partial charge in [0.1, 0.15) is 11.8 Å². The molecule has 0 aliphatic carbocycles. The average Bonchev–Trinajstić information content (AvgIpc) is 3.30. The summed E-state index contributed by atoms with van der Waals surface area (Å²) in [6, 6.07) is 4.74. The van der Waals surface area contributed by atoms with E-state index in [4.69, 9.17) is 27.7 Å². The molecule has 0 aliphatic rings. The van der Waals surface area contributed by atoms with Crippen molar-refractivity contribution in [2.24, 2.45) is 0 Å². The van der Waals surface area contributed by atoms with Crippen LogP contribution in [0.15, 0.2) is 34.4 Å². The zero-order chi connectivity index (χ0) is 21.0. The van der Waals surface area contributed by atoms with Crippen LogP contribution >= 0.6 is 34.5 Å². The number of amides is 3. The lowest BCUT2D eigenvalue weighted by Crippen LogP contribution is -2.28. The second-order valence-corrected chi connectivity index (χ2v) is 7.85. The highest BCUT2D eigenvalue weighted by Crippen LogP contribution is 2.22. The number of aryl methyl sites for hydroxylation is 1. The average molecular weight is 454 g/mol. The number of carbonyl (C=O) groups excluding carboxylic acids is 2. The van der Waals surface area contributed by atoms with Gasteiger partial charge in [0.2, 0.25) is 0 Å². The van der Waals surface area contributed by atoms with Gasteiger partial charge in [-0.1, -0.05) is 34.4 Å². The molecule has 3 amide bonds. The minimum atomic E-state index is -0.401. The van der Waals surface area contributed by atoms with Gasteiger partial charge in [0.15, 0.2) is 5.13 Å². The van der Waals surface area contributed by atoms with Crippen molar-refractivity contribution in [1.29, 1.82) is 0 Å². The van der Waals surface area contributed by atoms with Crippen molar-refractivity contribution in [1.82, 2.24) is 20.4 Å². The van der Waals surface area contributed by atoms with Gasteiger partial charge in [0, 0.05) is 19.0 Å². The quantitative estimate of drug-likeness (QED) is 0.577. The highest BCUT2D eigenvalue weighted by molar-refractivity contribution is 7.13. The number of nitrogens with zero attached hydrogens (tertiary/aromatic N) is 3. The molecule has 11 heteroatoms. The number of thiazole rings is 1. The molecule has 8 nitrogen and oxygen atoms in total. The number of hydrogen-bond acceptors (Lipinski definition) is 6. The molecule has 0 saturated heterocycles. The minimum Gasteiger partial charge on any atom is -0.364 e. The van der Waals surface area contributed by atoms with E-state index in [2.05, 4.69) is 20.8 Å². The smallest absolute Gasteiger partial charge is 0.321 e. The third kappa shape index (κ3) is 5.47. The Labute approximate surface area is 180 Å². The van der Waals surface area contributed by atoms with Crippen LogP contribution in [0.3, 0.4) is 0 Å². The zero-order valence-electron chi connectivity index (χ0n) is 15.5. The molecule has 2 N–H and O–H groups in total. The topological polar surface area (TPSA) is 100 Å². The van der Waals surface area contributed by atoms with Crippen LogP contribution in [0.4, 0.5) is 9.93 Å². The van der Waals surface area contributed by atoms with Crippen LogP contribution < -0.4 is 10.6 Å². The van der Waals surface area contributed by atoms with Gasteiger partial charge in [-0.05, 0) is 24.6 Å². The Kier molecular flexibility index (Phi) is 6.73. The fourth-order valence-electron chi connectivity index (χ4n) is 2.43. The Morgan fingerprint density at radius 3 is 2.76 bits per heavy atom. The fraction of sp³-hybridized carbons (Fsp3) is 0.222. The predicted molar refractivity (Wildman–Crippen MR) is 111 cm³/mol. The SMILES string of the molecule is Cc1nocc1C(=O)N(C)Cc1csc(NC(=O)NCc2ccc(Cl)c(Cl)c2)n1. The maximum atomic E-state index is 12.4. The molecule has 0 aliphatic heterocycles. The number of aromatic nitrogens is 2. The minimum absolute atomic E-state index is 0.217. The van der Waals surface area contributed by atoms with E-state index < -0.39 is 6.03 Å². The number of carbonyl (C=O) groups is 2. The summed E-state index contributed by atoms with van der Waals surface area (Å²) in [7, 11) is 1.66. The summed E-state index contributed by atoms with van der Waals surface area (Å²) in [5, 5.41) is 12.2. The van der Waals surface area contributed by atoms with Crippen LogP contribution in [0.25, 0.3) is 0 Å². The van der Waals surface area contributed by atoms with E-state index in [-0.39, 0.29) is 19.0 Å². The van der Waals surface area contributed by atoms with Crippen molar-refractivity contribution in [3.8, 4) is 0 Å². The molecule has 0 bridgehead atoms. The Bertz CT molecular complexity index is 1040. The highest BCUT2D eigenvalue weighted by atomic mass is 35.5. The van der Waals surface area contributed by atoms with Crippen molar-refractivity contribution in [2.75, 3.05) is 12.4 Å². The van der Waals surface area contributed by atoms with Gasteiger partial charge >= 0.3 is 6.03 Å². The first-order valence-corrected chi connectivity index (χ1v) is 10.1. The van der Waals surface area contributed by atoms with Crippen molar-refractivity contribution in [2.45, 2.75) is 20.0 Å². The lowest BCUT2D eigenvalue weighted by Gasteiger charge is -2.14. The van der Waals surface area contributed by atoms with E-state index >= 15 is 0 Å². The Hall–Kier alpha value is -2.62. The summed E-state index contributed by atoms with van der Waals surface area (Å²) in [4.78, 5) is 30.3. The Balaban J connectivity index is 1.51. The van der Waals surface area contributed by atoms with E-state index in [1.165, 1.54) is 22.5 Å². The van der Waals surface area contributed by atoms with Crippen LogP contribution in [0.2, 0.25) is 10.0 Å². The standard InChI is InChI=1S/C18H17Cl2N5O3S/c1-10-13(8-28-24-10)16(26)25(2)7-12-9-29-18(22-12)23-17(27)21-6-11-3-4-14(19)15(20)5-11/h3-5,8-9H,6-7H2,1-2H3,(H2,21,22,23,27). The first-order valence-electron chi connectivity index (χ1n) is 8.43. The van der Waals surface area contributed by atoms with E-state index in [1.54, 1.807) is 37.6 Å².